The fraction of sp³-hybridized carbons (Fsp3) is 0.357. The summed E-state index contributed by atoms with van der Waals surface area (Å²) in [5, 5.41) is 8.26. The zero-order chi connectivity index (χ0) is 29.0. The van der Waals surface area contributed by atoms with Crippen molar-refractivity contribution in [3.05, 3.63) is 70.1 Å². The minimum absolute atomic E-state index is 0.159. The minimum Gasteiger partial charge on any atom is -0.491 e. The number of benzene rings is 2. The Morgan fingerprint density at radius 3 is 2.60 bits per heavy atom. The Morgan fingerprint density at radius 2 is 1.95 bits per heavy atom. The van der Waals surface area contributed by atoms with Crippen LogP contribution in [0.25, 0.3) is 22.3 Å². The van der Waals surface area contributed by atoms with Gasteiger partial charge in [-0.25, -0.2) is 18.4 Å². The Balaban J connectivity index is 1.77. The summed E-state index contributed by atoms with van der Waals surface area (Å²) in [6.07, 6.45) is 2.93. The molecule has 2 heterocycles. The third-order valence-electron chi connectivity index (χ3n) is 6.45. The molecule has 10 nitrogen and oxygen atoms in total. The lowest BCUT2D eigenvalue weighted by molar-refractivity contribution is 0.0781. The number of nitrogens with one attached hydrogen (secondary N) is 1. The lowest BCUT2D eigenvalue weighted by Gasteiger charge is -2.18. The van der Waals surface area contributed by atoms with E-state index in [2.05, 4.69) is 15.4 Å². The second-order valence-electron chi connectivity index (χ2n) is 9.65. The van der Waals surface area contributed by atoms with Crippen LogP contribution in [0.15, 0.2) is 42.6 Å². The summed E-state index contributed by atoms with van der Waals surface area (Å²) in [4.78, 5) is 24.8. The topological polar surface area (TPSA) is 119 Å². The van der Waals surface area contributed by atoms with Crippen molar-refractivity contribution < 1.29 is 17.9 Å². The zero-order valence-corrected chi connectivity index (χ0v) is 24.8. The highest BCUT2D eigenvalue weighted by Gasteiger charge is 2.22. The molecular weight excluding hydrogens is 552 g/mol. The molecule has 0 saturated heterocycles. The summed E-state index contributed by atoms with van der Waals surface area (Å²) >= 11 is 6.49. The first-order valence-electron chi connectivity index (χ1n) is 12.8. The van der Waals surface area contributed by atoms with E-state index in [-0.39, 0.29) is 17.4 Å². The normalized spacial score (nSPS) is 11.7. The Morgan fingerprint density at radius 1 is 1.18 bits per heavy atom. The number of rotatable bonds is 11. The number of sulfone groups is 1. The van der Waals surface area contributed by atoms with Crippen LogP contribution in [0.5, 0.6) is 5.75 Å². The van der Waals surface area contributed by atoms with E-state index in [1.54, 1.807) is 54.5 Å². The molecule has 0 spiro atoms. The summed E-state index contributed by atoms with van der Waals surface area (Å²) in [6.45, 7) is 6.17. The van der Waals surface area contributed by atoms with Gasteiger partial charge >= 0.3 is 0 Å². The quantitative estimate of drug-likeness (QED) is 0.264. The summed E-state index contributed by atoms with van der Waals surface area (Å²) in [7, 11) is 0.254. The molecular formula is C28H33ClN6O4S. The van der Waals surface area contributed by atoms with Gasteiger partial charge in [-0.1, -0.05) is 17.7 Å². The van der Waals surface area contributed by atoms with Crippen molar-refractivity contribution in [1.82, 2.24) is 30.0 Å². The van der Waals surface area contributed by atoms with E-state index in [9.17, 15) is 13.2 Å². The van der Waals surface area contributed by atoms with E-state index in [4.69, 9.17) is 21.3 Å². The summed E-state index contributed by atoms with van der Waals surface area (Å²) in [6, 6.07) is 10.3. The van der Waals surface area contributed by atoms with Gasteiger partial charge in [0.15, 0.2) is 15.7 Å². The van der Waals surface area contributed by atoms with Crippen molar-refractivity contribution in [3.8, 4) is 17.1 Å². The molecule has 40 heavy (non-hydrogen) atoms. The van der Waals surface area contributed by atoms with Crippen LogP contribution in [0.4, 0.5) is 0 Å². The van der Waals surface area contributed by atoms with Crippen molar-refractivity contribution in [2.45, 2.75) is 32.7 Å². The molecule has 0 aliphatic carbocycles. The molecule has 0 atom stereocenters. The molecule has 2 aromatic carbocycles. The van der Waals surface area contributed by atoms with Crippen LogP contribution in [0.3, 0.4) is 0 Å². The van der Waals surface area contributed by atoms with Crippen LogP contribution in [-0.4, -0.2) is 72.5 Å². The zero-order valence-electron chi connectivity index (χ0n) is 23.2. The highest BCUT2D eigenvalue weighted by molar-refractivity contribution is 7.89. The first-order valence-corrected chi connectivity index (χ1v) is 15.3. The second kappa shape index (κ2) is 12.3. The lowest BCUT2D eigenvalue weighted by Crippen LogP contribution is -2.28. The highest BCUT2D eigenvalue weighted by atomic mass is 35.5. The van der Waals surface area contributed by atoms with E-state index in [1.165, 1.54) is 6.26 Å². The van der Waals surface area contributed by atoms with E-state index in [0.717, 1.165) is 17.8 Å². The molecule has 4 aromatic rings. The number of aryl methyl sites for hydroxylation is 1. The van der Waals surface area contributed by atoms with Gasteiger partial charge in [-0.05, 0) is 56.8 Å². The number of ether oxygens (including phenoxy) is 1. The molecule has 0 fully saturated rings. The Hall–Kier alpha value is -3.54. The number of nitrogens with zero attached hydrogens (tertiary/aromatic N) is 5. The third kappa shape index (κ3) is 6.78. The predicted molar refractivity (Wildman–Crippen MR) is 156 cm³/mol. The van der Waals surface area contributed by atoms with Crippen LogP contribution in [-0.2, 0) is 28.7 Å². The second-order valence-corrected chi connectivity index (χ2v) is 12.2. The van der Waals surface area contributed by atoms with Crippen molar-refractivity contribution in [3.63, 3.8) is 0 Å². The number of carbonyl (C=O) groups excluding carboxylic acids is 1. The number of halogens is 1. The van der Waals surface area contributed by atoms with E-state index in [0.29, 0.717) is 58.3 Å². The van der Waals surface area contributed by atoms with Crippen molar-refractivity contribution in [2.75, 3.05) is 33.5 Å². The summed E-state index contributed by atoms with van der Waals surface area (Å²) in [5.41, 5.74) is 3.76. The van der Waals surface area contributed by atoms with Gasteiger partial charge in [0.2, 0.25) is 0 Å². The van der Waals surface area contributed by atoms with E-state index in [1.807, 2.05) is 25.6 Å². The molecule has 212 valence electrons. The number of amides is 1. The molecule has 4 rings (SSSR count). The number of aromatic nitrogens is 4. The maximum atomic E-state index is 13.8. The van der Waals surface area contributed by atoms with Gasteiger partial charge in [-0.3, -0.25) is 9.48 Å². The standard InChI is InChI=1S/C28H33ClN6O4S/c1-6-35-18(2)21(15-31-35)16-34(4)28(36)26-22-13-19(17-40(5,37)38)7-9-24(22)32-27(33-26)20-8-10-25(23(29)14-20)39-12-11-30-3/h7-10,13-15,30H,6,11-12,16-17H2,1-5H3. The first-order chi connectivity index (χ1) is 19.0. The molecule has 0 saturated carbocycles. The highest BCUT2D eigenvalue weighted by Crippen LogP contribution is 2.31. The fourth-order valence-corrected chi connectivity index (χ4v) is 5.37. The summed E-state index contributed by atoms with van der Waals surface area (Å²) in [5.74, 6) is 0.366. The fourth-order valence-electron chi connectivity index (χ4n) is 4.35. The van der Waals surface area contributed by atoms with Crippen LogP contribution < -0.4 is 10.1 Å². The maximum Gasteiger partial charge on any atom is 0.273 e. The largest absolute Gasteiger partial charge is 0.491 e. The van der Waals surface area contributed by atoms with Gasteiger partial charge < -0.3 is 15.0 Å². The molecule has 1 amide bonds. The molecule has 0 radical (unpaired) electrons. The van der Waals surface area contributed by atoms with Crippen molar-refractivity contribution in [1.29, 1.82) is 0 Å². The minimum atomic E-state index is -3.29. The van der Waals surface area contributed by atoms with E-state index < -0.39 is 9.84 Å². The van der Waals surface area contributed by atoms with Crippen LogP contribution in [0.1, 0.15) is 34.2 Å². The average Bonchev–Trinajstić information content (AvgIpc) is 3.26. The number of hydrogen-bond donors (Lipinski definition) is 1. The number of likely N-dealkylation sites (N-methyl/N-ethyl adjacent to an activating group) is 1. The third-order valence-corrected chi connectivity index (χ3v) is 7.60. The van der Waals surface area contributed by atoms with Gasteiger partial charge in [-0.15, -0.1) is 0 Å². The molecule has 2 aromatic heterocycles. The number of fused-ring (bicyclic) bond motifs is 1. The molecule has 1 N–H and O–H groups in total. The number of hydrogen-bond acceptors (Lipinski definition) is 8. The van der Waals surface area contributed by atoms with Gasteiger partial charge in [0.05, 0.1) is 22.5 Å². The van der Waals surface area contributed by atoms with Crippen LogP contribution in [0.2, 0.25) is 5.02 Å². The molecule has 0 aliphatic rings. The van der Waals surface area contributed by atoms with Gasteiger partial charge in [0, 0.05) is 55.1 Å². The first kappa shape index (κ1) is 29.4. The molecule has 12 heteroatoms. The van der Waals surface area contributed by atoms with Crippen LogP contribution >= 0.6 is 11.6 Å². The smallest absolute Gasteiger partial charge is 0.273 e. The van der Waals surface area contributed by atoms with Gasteiger partial charge in [0.1, 0.15) is 18.1 Å². The monoisotopic (exact) mass is 584 g/mol. The average molecular weight is 585 g/mol. The van der Waals surface area contributed by atoms with Crippen molar-refractivity contribution >= 4 is 38.2 Å². The van der Waals surface area contributed by atoms with Gasteiger partial charge in [-0.2, -0.15) is 5.10 Å². The Bertz CT molecular complexity index is 1650. The lowest BCUT2D eigenvalue weighted by atomic mass is 10.1. The summed E-state index contributed by atoms with van der Waals surface area (Å²) < 4.78 is 31.5. The molecule has 0 aliphatic heterocycles. The van der Waals surface area contributed by atoms with E-state index >= 15 is 0 Å². The maximum absolute atomic E-state index is 13.8. The number of carbonyl (C=O) groups is 1. The Kier molecular flexibility index (Phi) is 9.07. The predicted octanol–water partition coefficient (Wildman–Crippen LogP) is 3.89. The molecule has 0 unspecified atom stereocenters. The van der Waals surface area contributed by atoms with Crippen LogP contribution in [0, 0.1) is 6.92 Å². The Labute approximate surface area is 239 Å². The SMILES string of the molecule is CCn1ncc(CN(C)C(=O)c2nc(-c3ccc(OCCNC)c(Cl)c3)nc3ccc(CS(C)(=O)=O)cc23)c1C. The van der Waals surface area contributed by atoms with Crippen molar-refractivity contribution in [2.24, 2.45) is 0 Å². The van der Waals surface area contributed by atoms with Gasteiger partial charge in [0.25, 0.3) is 5.91 Å². The molecule has 0 bridgehead atoms.